The minimum atomic E-state index is -0.00195. The highest BCUT2D eigenvalue weighted by molar-refractivity contribution is 6.33. The molecule has 1 unspecified atom stereocenters. The lowest BCUT2D eigenvalue weighted by atomic mass is 10.2. The van der Waals surface area contributed by atoms with Gasteiger partial charge < -0.3 is 4.90 Å². The van der Waals surface area contributed by atoms with Crippen molar-refractivity contribution in [3.63, 3.8) is 0 Å². The summed E-state index contributed by atoms with van der Waals surface area (Å²) in [6.45, 7) is 3.94. The highest BCUT2D eigenvalue weighted by Gasteiger charge is 2.32. The van der Waals surface area contributed by atoms with E-state index in [0.29, 0.717) is 11.6 Å². The lowest BCUT2D eigenvalue weighted by Crippen LogP contribution is -2.37. The predicted octanol–water partition coefficient (Wildman–Crippen LogP) is 2.70. The zero-order valence-corrected chi connectivity index (χ0v) is 12.7. The molecule has 2 aliphatic rings. The molecule has 3 heterocycles. The van der Waals surface area contributed by atoms with Gasteiger partial charge in [0.15, 0.2) is 0 Å². The lowest BCUT2D eigenvalue weighted by molar-refractivity contribution is 0.0780. The number of amides is 1. The van der Waals surface area contributed by atoms with E-state index in [1.165, 1.54) is 25.9 Å². The van der Waals surface area contributed by atoms with E-state index in [0.717, 1.165) is 19.5 Å². The minimum Gasteiger partial charge on any atom is -0.337 e. The molecule has 3 rings (SSSR count). The van der Waals surface area contributed by atoms with Crippen molar-refractivity contribution in [1.82, 2.24) is 14.8 Å². The molecule has 1 aromatic rings. The average Bonchev–Trinajstić information content (AvgIpc) is 3.07. The summed E-state index contributed by atoms with van der Waals surface area (Å²) in [6, 6.07) is 3.67. The SMILES string of the molecule is O=C(c1cc(Cl)nc(Cl)c1)N1CCC(N2CCCC2)C1. The van der Waals surface area contributed by atoms with Crippen LogP contribution < -0.4 is 0 Å². The van der Waals surface area contributed by atoms with Crippen LogP contribution in [-0.2, 0) is 0 Å². The van der Waals surface area contributed by atoms with E-state index >= 15 is 0 Å². The van der Waals surface area contributed by atoms with Gasteiger partial charge in [-0.15, -0.1) is 0 Å². The quantitative estimate of drug-likeness (QED) is 0.788. The van der Waals surface area contributed by atoms with Gasteiger partial charge in [0, 0.05) is 24.7 Å². The van der Waals surface area contributed by atoms with Crippen molar-refractivity contribution >= 4 is 29.1 Å². The summed E-state index contributed by atoms with van der Waals surface area (Å²) < 4.78 is 0. The van der Waals surface area contributed by atoms with Crippen LogP contribution in [-0.4, -0.2) is 52.9 Å². The second kappa shape index (κ2) is 5.88. The first-order valence-electron chi connectivity index (χ1n) is 7.00. The van der Waals surface area contributed by atoms with Crippen molar-refractivity contribution in [1.29, 1.82) is 0 Å². The van der Waals surface area contributed by atoms with Crippen LogP contribution >= 0.6 is 23.2 Å². The van der Waals surface area contributed by atoms with Crippen LogP contribution in [0.2, 0.25) is 10.3 Å². The fraction of sp³-hybridized carbons (Fsp3) is 0.571. The molecule has 1 aromatic heterocycles. The molecule has 2 aliphatic heterocycles. The number of carbonyl (C=O) groups is 1. The van der Waals surface area contributed by atoms with Crippen LogP contribution in [0.1, 0.15) is 29.6 Å². The standard InChI is InChI=1S/C14H17Cl2N3O/c15-12-7-10(8-13(16)17-12)14(20)19-6-3-11(9-19)18-4-1-2-5-18/h7-8,11H,1-6,9H2. The third-order valence-electron chi connectivity index (χ3n) is 4.12. The van der Waals surface area contributed by atoms with Crippen molar-refractivity contribution in [2.45, 2.75) is 25.3 Å². The van der Waals surface area contributed by atoms with Gasteiger partial charge in [-0.05, 0) is 44.5 Å². The van der Waals surface area contributed by atoms with Crippen molar-refractivity contribution in [2.75, 3.05) is 26.2 Å². The molecule has 2 saturated heterocycles. The molecule has 4 nitrogen and oxygen atoms in total. The van der Waals surface area contributed by atoms with Crippen LogP contribution in [0.4, 0.5) is 0 Å². The van der Waals surface area contributed by atoms with Gasteiger partial charge in [0.25, 0.3) is 5.91 Å². The van der Waals surface area contributed by atoms with E-state index in [-0.39, 0.29) is 16.2 Å². The van der Waals surface area contributed by atoms with Crippen LogP contribution in [0.3, 0.4) is 0 Å². The van der Waals surface area contributed by atoms with Gasteiger partial charge in [0.2, 0.25) is 0 Å². The van der Waals surface area contributed by atoms with E-state index in [2.05, 4.69) is 9.88 Å². The van der Waals surface area contributed by atoms with E-state index in [9.17, 15) is 4.79 Å². The molecular formula is C14H17Cl2N3O. The van der Waals surface area contributed by atoms with Crippen molar-refractivity contribution in [3.8, 4) is 0 Å². The normalized spacial score (nSPS) is 23.5. The van der Waals surface area contributed by atoms with Gasteiger partial charge in [0.1, 0.15) is 10.3 Å². The number of nitrogens with zero attached hydrogens (tertiary/aromatic N) is 3. The maximum Gasteiger partial charge on any atom is 0.254 e. The van der Waals surface area contributed by atoms with Gasteiger partial charge in [0.05, 0.1) is 0 Å². The minimum absolute atomic E-state index is 0.00195. The largest absolute Gasteiger partial charge is 0.337 e. The third kappa shape index (κ3) is 2.92. The molecule has 1 amide bonds. The number of pyridine rings is 1. The fourth-order valence-electron chi connectivity index (χ4n) is 3.10. The molecule has 0 aliphatic carbocycles. The van der Waals surface area contributed by atoms with Gasteiger partial charge in [-0.1, -0.05) is 23.2 Å². The number of aromatic nitrogens is 1. The topological polar surface area (TPSA) is 36.4 Å². The van der Waals surface area contributed by atoms with Crippen LogP contribution in [0.15, 0.2) is 12.1 Å². The van der Waals surface area contributed by atoms with Crippen LogP contribution in [0.25, 0.3) is 0 Å². The van der Waals surface area contributed by atoms with Crippen molar-refractivity contribution in [2.24, 2.45) is 0 Å². The zero-order chi connectivity index (χ0) is 14.1. The van der Waals surface area contributed by atoms with Gasteiger partial charge in [-0.25, -0.2) is 4.98 Å². The van der Waals surface area contributed by atoms with E-state index in [1.807, 2.05) is 4.90 Å². The predicted molar refractivity (Wildman–Crippen MR) is 79.4 cm³/mol. The summed E-state index contributed by atoms with van der Waals surface area (Å²) in [6.07, 6.45) is 3.61. The lowest BCUT2D eigenvalue weighted by Gasteiger charge is -2.23. The highest BCUT2D eigenvalue weighted by Crippen LogP contribution is 2.23. The Balaban J connectivity index is 1.68. The zero-order valence-electron chi connectivity index (χ0n) is 11.2. The molecular weight excluding hydrogens is 297 g/mol. The van der Waals surface area contributed by atoms with Crippen molar-refractivity contribution < 1.29 is 4.79 Å². The summed E-state index contributed by atoms with van der Waals surface area (Å²) >= 11 is 11.7. The second-order valence-electron chi connectivity index (χ2n) is 5.44. The Morgan fingerprint density at radius 3 is 2.45 bits per heavy atom. The second-order valence-corrected chi connectivity index (χ2v) is 6.21. The molecule has 0 aromatic carbocycles. The summed E-state index contributed by atoms with van der Waals surface area (Å²) in [4.78, 5) is 20.7. The summed E-state index contributed by atoms with van der Waals surface area (Å²) in [5.74, 6) is -0.00195. The van der Waals surface area contributed by atoms with E-state index < -0.39 is 0 Å². The molecule has 0 saturated carbocycles. The van der Waals surface area contributed by atoms with Gasteiger partial charge >= 0.3 is 0 Å². The van der Waals surface area contributed by atoms with Gasteiger partial charge in [-0.2, -0.15) is 0 Å². The first-order chi connectivity index (χ1) is 9.63. The molecule has 0 spiro atoms. The molecule has 0 bridgehead atoms. The number of hydrogen-bond donors (Lipinski definition) is 0. The number of carbonyl (C=O) groups excluding carboxylic acids is 1. The van der Waals surface area contributed by atoms with Gasteiger partial charge in [-0.3, -0.25) is 9.69 Å². The Bertz CT molecular complexity index is 497. The fourth-order valence-corrected chi connectivity index (χ4v) is 3.56. The van der Waals surface area contributed by atoms with Crippen molar-refractivity contribution in [3.05, 3.63) is 28.0 Å². The monoisotopic (exact) mass is 313 g/mol. The Labute approximate surface area is 128 Å². The summed E-state index contributed by atoms with van der Waals surface area (Å²) in [7, 11) is 0. The highest BCUT2D eigenvalue weighted by atomic mass is 35.5. The number of hydrogen-bond acceptors (Lipinski definition) is 3. The molecule has 0 radical (unpaired) electrons. The third-order valence-corrected chi connectivity index (χ3v) is 4.50. The Morgan fingerprint density at radius 2 is 1.80 bits per heavy atom. The van der Waals surface area contributed by atoms with E-state index in [4.69, 9.17) is 23.2 Å². The molecule has 20 heavy (non-hydrogen) atoms. The summed E-state index contributed by atoms with van der Waals surface area (Å²) in [5.41, 5.74) is 0.525. The maximum atomic E-state index is 12.5. The molecule has 1 atom stereocenters. The smallest absolute Gasteiger partial charge is 0.254 e. The Morgan fingerprint density at radius 1 is 1.15 bits per heavy atom. The first kappa shape index (κ1) is 14.1. The molecule has 108 valence electrons. The van der Waals surface area contributed by atoms with Crippen LogP contribution in [0.5, 0.6) is 0 Å². The Kier molecular flexibility index (Phi) is 4.15. The van der Waals surface area contributed by atoms with Crippen LogP contribution in [0, 0.1) is 0 Å². The molecule has 2 fully saturated rings. The number of likely N-dealkylation sites (tertiary alicyclic amines) is 2. The molecule has 0 N–H and O–H groups in total. The Hall–Kier alpha value is -0.840. The number of rotatable bonds is 2. The molecule has 6 heteroatoms. The maximum absolute atomic E-state index is 12.5. The number of halogens is 2. The first-order valence-corrected chi connectivity index (χ1v) is 7.75. The average molecular weight is 314 g/mol. The van der Waals surface area contributed by atoms with E-state index in [1.54, 1.807) is 12.1 Å². The summed E-state index contributed by atoms with van der Waals surface area (Å²) in [5, 5.41) is 0.521.